The standard InChI is InChI=1S/C21H27FN6O2/c1-15(29)26-11-7-16(8-12-26)24-21-23-13-18(22)20(25-21)27-9-4-5-17(14-27)28-10-3-2-6-19(28)30/h2-3,6,10,13,16-17H,4-5,7-9,11-12,14H2,1H3,(H,23,24,25). The van der Waals surface area contributed by atoms with Crippen molar-refractivity contribution in [1.82, 2.24) is 19.4 Å². The molecule has 9 heteroatoms. The first-order chi connectivity index (χ1) is 14.5. The van der Waals surface area contributed by atoms with Gasteiger partial charge in [-0.3, -0.25) is 9.59 Å². The van der Waals surface area contributed by atoms with Crippen molar-refractivity contribution in [3.05, 3.63) is 46.8 Å². The maximum Gasteiger partial charge on any atom is 0.250 e. The van der Waals surface area contributed by atoms with Crippen molar-refractivity contribution in [2.75, 3.05) is 36.4 Å². The predicted octanol–water partition coefficient (Wildman–Crippen LogP) is 2.04. The Morgan fingerprint density at radius 2 is 2.00 bits per heavy atom. The SMILES string of the molecule is CC(=O)N1CCC(Nc2ncc(F)c(N3CCCC(n4ccccc4=O)C3)n2)CC1. The molecule has 8 nitrogen and oxygen atoms in total. The van der Waals surface area contributed by atoms with Crippen LogP contribution in [-0.4, -0.2) is 57.6 Å². The number of anilines is 2. The Hall–Kier alpha value is -2.97. The number of amides is 1. The number of halogens is 1. The topological polar surface area (TPSA) is 83.4 Å². The lowest BCUT2D eigenvalue weighted by Gasteiger charge is -2.35. The van der Waals surface area contributed by atoms with Crippen LogP contribution in [-0.2, 0) is 4.79 Å². The molecular formula is C21H27FN6O2. The fraction of sp³-hybridized carbons (Fsp3) is 0.524. The Kier molecular flexibility index (Phi) is 5.96. The van der Waals surface area contributed by atoms with Crippen molar-refractivity contribution >= 4 is 17.7 Å². The molecule has 0 aromatic carbocycles. The molecule has 0 spiro atoms. The summed E-state index contributed by atoms with van der Waals surface area (Å²) >= 11 is 0. The third kappa shape index (κ3) is 4.44. The highest BCUT2D eigenvalue weighted by Crippen LogP contribution is 2.27. The van der Waals surface area contributed by atoms with Gasteiger partial charge >= 0.3 is 0 Å². The second-order valence-corrected chi connectivity index (χ2v) is 7.98. The Labute approximate surface area is 174 Å². The molecule has 0 bridgehead atoms. The number of nitrogens with zero attached hydrogens (tertiary/aromatic N) is 5. The van der Waals surface area contributed by atoms with Gasteiger partial charge in [-0.05, 0) is 31.7 Å². The van der Waals surface area contributed by atoms with Crippen LogP contribution < -0.4 is 15.8 Å². The van der Waals surface area contributed by atoms with Crippen molar-refractivity contribution in [2.24, 2.45) is 0 Å². The first-order valence-electron chi connectivity index (χ1n) is 10.5. The number of nitrogens with one attached hydrogen (secondary N) is 1. The van der Waals surface area contributed by atoms with Gasteiger partial charge in [0.05, 0.1) is 12.2 Å². The molecule has 0 saturated carbocycles. The Morgan fingerprint density at radius 3 is 2.73 bits per heavy atom. The summed E-state index contributed by atoms with van der Waals surface area (Å²) in [5.74, 6) is 0.285. The van der Waals surface area contributed by atoms with Crippen LogP contribution >= 0.6 is 0 Å². The molecule has 2 aromatic heterocycles. The van der Waals surface area contributed by atoms with Crippen LogP contribution in [0.5, 0.6) is 0 Å². The molecule has 0 radical (unpaired) electrons. The van der Waals surface area contributed by atoms with E-state index < -0.39 is 5.82 Å². The summed E-state index contributed by atoms with van der Waals surface area (Å²) in [4.78, 5) is 36.0. The van der Waals surface area contributed by atoms with Crippen LogP contribution in [0.25, 0.3) is 0 Å². The van der Waals surface area contributed by atoms with Crippen LogP contribution in [0.15, 0.2) is 35.4 Å². The second kappa shape index (κ2) is 8.81. The van der Waals surface area contributed by atoms with E-state index in [9.17, 15) is 14.0 Å². The normalized spacial score (nSPS) is 20.3. The van der Waals surface area contributed by atoms with Crippen LogP contribution in [0.4, 0.5) is 16.2 Å². The highest BCUT2D eigenvalue weighted by Gasteiger charge is 2.26. The molecule has 1 atom stereocenters. The summed E-state index contributed by atoms with van der Waals surface area (Å²) in [7, 11) is 0. The molecule has 2 aliphatic rings. The molecular weight excluding hydrogens is 387 g/mol. The molecule has 1 amide bonds. The number of carbonyl (C=O) groups excluding carboxylic acids is 1. The highest BCUT2D eigenvalue weighted by atomic mass is 19.1. The lowest BCUT2D eigenvalue weighted by atomic mass is 10.1. The van der Waals surface area contributed by atoms with Gasteiger partial charge in [0.2, 0.25) is 11.9 Å². The Balaban J connectivity index is 1.46. The number of aromatic nitrogens is 3. The fourth-order valence-electron chi connectivity index (χ4n) is 4.29. The molecule has 2 saturated heterocycles. The first kappa shape index (κ1) is 20.3. The van der Waals surface area contributed by atoms with Gasteiger partial charge in [0.15, 0.2) is 11.6 Å². The minimum Gasteiger partial charge on any atom is -0.352 e. The van der Waals surface area contributed by atoms with Crippen LogP contribution in [0.2, 0.25) is 0 Å². The molecule has 30 heavy (non-hydrogen) atoms. The minimum atomic E-state index is -0.465. The maximum atomic E-state index is 14.6. The number of pyridine rings is 1. The lowest BCUT2D eigenvalue weighted by molar-refractivity contribution is -0.129. The molecule has 0 aliphatic carbocycles. The average molecular weight is 414 g/mol. The van der Waals surface area contributed by atoms with E-state index in [4.69, 9.17) is 0 Å². The summed E-state index contributed by atoms with van der Waals surface area (Å²) in [6.45, 7) is 4.18. The maximum absolute atomic E-state index is 14.6. The van der Waals surface area contributed by atoms with Gasteiger partial charge in [-0.1, -0.05) is 6.07 Å². The molecule has 2 fully saturated rings. The fourth-order valence-corrected chi connectivity index (χ4v) is 4.29. The smallest absolute Gasteiger partial charge is 0.250 e. The molecule has 1 unspecified atom stereocenters. The molecule has 1 N–H and O–H groups in total. The van der Waals surface area contributed by atoms with Crippen molar-refractivity contribution in [2.45, 2.75) is 44.7 Å². The third-order valence-corrected chi connectivity index (χ3v) is 5.94. The Bertz CT molecular complexity index is 957. The van der Waals surface area contributed by atoms with E-state index in [0.29, 0.717) is 32.1 Å². The van der Waals surface area contributed by atoms with Crippen molar-refractivity contribution < 1.29 is 9.18 Å². The van der Waals surface area contributed by atoms with Gasteiger partial charge in [0, 0.05) is 51.4 Å². The summed E-state index contributed by atoms with van der Waals surface area (Å²) in [5, 5.41) is 3.29. The van der Waals surface area contributed by atoms with Gasteiger partial charge in [-0.25, -0.2) is 9.37 Å². The largest absolute Gasteiger partial charge is 0.352 e. The van der Waals surface area contributed by atoms with Crippen molar-refractivity contribution in [3.63, 3.8) is 0 Å². The molecule has 4 heterocycles. The summed E-state index contributed by atoms with van der Waals surface area (Å²) < 4.78 is 16.3. The van der Waals surface area contributed by atoms with E-state index >= 15 is 0 Å². The van der Waals surface area contributed by atoms with Crippen LogP contribution in [0, 0.1) is 5.82 Å². The number of rotatable bonds is 4. The van der Waals surface area contributed by atoms with Gasteiger partial charge in [0.25, 0.3) is 5.56 Å². The Morgan fingerprint density at radius 1 is 1.20 bits per heavy atom. The molecule has 4 rings (SSSR count). The number of piperidine rings is 2. The van der Waals surface area contributed by atoms with Gasteiger partial charge < -0.3 is 19.7 Å². The van der Waals surface area contributed by atoms with E-state index in [1.54, 1.807) is 29.8 Å². The lowest BCUT2D eigenvalue weighted by Crippen LogP contribution is -2.42. The molecule has 2 aliphatic heterocycles. The third-order valence-electron chi connectivity index (χ3n) is 5.94. The quantitative estimate of drug-likeness (QED) is 0.825. The van der Waals surface area contributed by atoms with E-state index in [0.717, 1.165) is 25.7 Å². The average Bonchev–Trinajstić information content (AvgIpc) is 2.76. The van der Waals surface area contributed by atoms with E-state index in [1.165, 1.54) is 6.20 Å². The van der Waals surface area contributed by atoms with Crippen molar-refractivity contribution in [1.29, 1.82) is 0 Å². The monoisotopic (exact) mass is 414 g/mol. The van der Waals surface area contributed by atoms with Gasteiger partial charge in [-0.2, -0.15) is 4.98 Å². The first-order valence-corrected chi connectivity index (χ1v) is 10.5. The van der Waals surface area contributed by atoms with Crippen LogP contribution in [0.3, 0.4) is 0 Å². The number of hydrogen-bond donors (Lipinski definition) is 1. The zero-order chi connectivity index (χ0) is 21.1. The summed E-state index contributed by atoms with van der Waals surface area (Å²) in [6.07, 6.45) is 6.31. The van der Waals surface area contributed by atoms with E-state index in [2.05, 4.69) is 15.3 Å². The minimum absolute atomic E-state index is 0.0193. The number of hydrogen-bond acceptors (Lipinski definition) is 6. The predicted molar refractivity (Wildman–Crippen MR) is 112 cm³/mol. The van der Waals surface area contributed by atoms with E-state index in [1.807, 2.05) is 15.9 Å². The van der Waals surface area contributed by atoms with Crippen LogP contribution in [0.1, 0.15) is 38.6 Å². The van der Waals surface area contributed by atoms with Crippen molar-refractivity contribution in [3.8, 4) is 0 Å². The van der Waals surface area contributed by atoms with Gasteiger partial charge in [0.1, 0.15) is 0 Å². The highest BCUT2D eigenvalue weighted by molar-refractivity contribution is 5.73. The molecule has 160 valence electrons. The van der Waals surface area contributed by atoms with Gasteiger partial charge in [-0.15, -0.1) is 0 Å². The van der Waals surface area contributed by atoms with E-state index in [-0.39, 0.29) is 29.4 Å². The summed E-state index contributed by atoms with van der Waals surface area (Å²) in [6, 6.07) is 5.24. The number of carbonyl (C=O) groups is 1. The molecule has 2 aromatic rings. The summed E-state index contributed by atoms with van der Waals surface area (Å²) in [5.41, 5.74) is -0.0493. The number of likely N-dealkylation sites (tertiary alicyclic amines) is 1. The zero-order valence-corrected chi connectivity index (χ0v) is 17.1. The zero-order valence-electron chi connectivity index (χ0n) is 17.1. The second-order valence-electron chi connectivity index (χ2n) is 7.98.